The van der Waals surface area contributed by atoms with Gasteiger partial charge in [0.05, 0.1) is 0 Å². The summed E-state index contributed by atoms with van der Waals surface area (Å²) in [4.78, 5) is 15.6. The lowest BCUT2D eigenvalue weighted by Crippen LogP contribution is -2.22. The van der Waals surface area contributed by atoms with Crippen molar-refractivity contribution in [2.45, 2.75) is 13.3 Å². The molecule has 1 amide bonds. The minimum atomic E-state index is 0.0361. The van der Waals surface area contributed by atoms with Crippen molar-refractivity contribution in [3.05, 3.63) is 5.82 Å². The van der Waals surface area contributed by atoms with Gasteiger partial charge in [0.2, 0.25) is 11.9 Å². The molecule has 1 aliphatic heterocycles. The Morgan fingerprint density at radius 1 is 1.71 bits per heavy atom. The van der Waals surface area contributed by atoms with Gasteiger partial charge in [-0.05, 0) is 19.1 Å². The molecule has 0 aliphatic carbocycles. The fourth-order valence-electron chi connectivity index (χ4n) is 1.35. The second-order valence-corrected chi connectivity index (χ2v) is 4.44. The minimum Gasteiger partial charge on any atom is -0.293 e. The van der Waals surface area contributed by atoms with Crippen LogP contribution in [0.3, 0.4) is 0 Å². The molecule has 6 heteroatoms. The molecule has 2 rings (SSSR count). The summed E-state index contributed by atoms with van der Waals surface area (Å²) in [6.45, 7) is 1.80. The van der Waals surface area contributed by atoms with Gasteiger partial charge < -0.3 is 0 Å². The first-order valence-corrected chi connectivity index (χ1v) is 5.69. The van der Waals surface area contributed by atoms with Crippen LogP contribution >= 0.6 is 11.8 Å². The number of thioether (sulfide) groups is 1. The molecule has 0 saturated carbocycles. The summed E-state index contributed by atoms with van der Waals surface area (Å²) in [7, 11) is 0. The van der Waals surface area contributed by atoms with E-state index in [-0.39, 0.29) is 11.8 Å². The lowest BCUT2D eigenvalue weighted by atomic mass is 10.1. The molecule has 1 aromatic heterocycles. The molecule has 14 heavy (non-hydrogen) atoms. The zero-order valence-electron chi connectivity index (χ0n) is 7.91. The highest BCUT2D eigenvalue weighted by Crippen LogP contribution is 2.24. The van der Waals surface area contributed by atoms with Crippen LogP contribution in [0.1, 0.15) is 12.2 Å². The number of nitrogens with zero attached hydrogens (tertiary/aromatic N) is 2. The Labute approximate surface area is 86.1 Å². The lowest BCUT2D eigenvalue weighted by Gasteiger charge is -2.05. The highest BCUT2D eigenvalue weighted by molar-refractivity contribution is 7.99. The second kappa shape index (κ2) is 4.00. The number of nitrogens with one attached hydrogen (secondary N) is 2. The predicted octanol–water partition coefficient (Wildman–Crippen LogP) is 0.805. The zero-order valence-corrected chi connectivity index (χ0v) is 8.73. The van der Waals surface area contributed by atoms with Crippen molar-refractivity contribution in [1.29, 1.82) is 0 Å². The maximum atomic E-state index is 11.6. The summed E-state index contributed by atoms with van der Waals surface area (Å²) in [5, 5.41) is 9.23. The molecule has 2 N–H and O–H groups in total. The third kappa shape index (κ3) is 2.06. The van der Waals surface area contributed by atoms with Crippen LogP contribution in [0.15, 0.2) is 0 Å². The van der Waals surface area contributed by atoms with E-state index in [1.807, 2.05) is 11.8 Å². The maximum absolute atomic E-state index is 11.6. The van der Waals surface area contributed by atoms with Crippen LogP contribution in [-0.2, 0) is 4.79 Å². The Morgan fingerprint density at radius 2 is 2.57 bits per heavy atom. The largest absolute Gasteiger partial charge is 0.293 e. The molecule has 1 aliphatic rings. The Morgan fingerprint density at radius 3 is 3.14 bits per heavy atom. The van der Waals surface area contributed by atoms with Gasteiger partial charge in [-0.25, -0.2) is 0 Å². The van der Waals surface area contributed by atoms with Crippen LogP contribution in [0.4, 0.5) is 5.95 Å². The van der Waals surface area contributed by atoms with Gasteiger partial charge in [0.15, 0.2) is 0 Å². The summed E-state index contributed by atoms with van der Waals surface area (Å²) in [5.41, 5.74) is 0. The summed E-state index contributed by atoms with van der Waals surface area (Å²) in [6.07, 6.45) is 0.958. The van der Waals surface area contributed by atoms with Gasteiger partial charge in [0, 0.05) is 11.7 Å². The first-order chi connectivity index (χ1) is 6.75. The molecular formula is C8H12N4OS. The molecule has 1 fully saturated rings. The van der Waals surface area contributed by atoms with Crippen molar-refractivity contribution in [3.8, 4) is 0 Å². The number of aromatic nitrogens is 3. The average molecular weight is 212 g/mol. The number of carbonyl (C=O) groups excluding carboxylic acids is 1. The first kappa shape index (κ1) is 9.51. The molecule has 0 bridgehead atoms. The quantitative estimate of drug-likeness (QED) is 0.761. The topological polar surface area (TPSA) is 70.7 Å². The van der Waals surface area contributed by atoms with Crippen molar-refractivity contribution < 1.29 is 4.79 Å². The maximum Gasteiger partial charge on any atom is 0.248 e. The third-order valence-corrected chi connectivity index (χ3v) is 3.30. The van der Waals surface area contributed by atoms with Crippen LogP contribution < -0.4 is 5.32 Å². The van der Waals surface area contributed by atoms with Crippen molar-refractivity contribution in [2.24, 2.45) is 5.92 Å². The lowest BCUT2D eigenvalue weighted by molar-refractivity contribution is -0.119. The predicted molar refractivity (Wildman–Crippen MR) is 55.2 cm³/mol. The van der Waals surface area contributed by atoms with Crippen LogP contribution in [0, 0.1) is 12.8 Å². The van der Waals surface area contributed by atoms with Gasteiger partial charge in [-0.3, -0.25) is 15.2 Å². The number of amides is 1. The molecule has 1 atom stereocenters. The summed E-state index contributed by atoms with van der Waals surface area (Å²) in [5.74, 6) is 3.23. The van der Waals surface area contributed by atoms with E-state index < -0.39 is 0 Å². The standard InChI is InChI=1S/C8H12N4OS/c1-5-9-8(12-11-5)10-7(13)6-2-3-14-4-6/h6H,2-4H2,1H3,(H2,9,10,11,12,13). The normalized spacial score (nSPS) is 21.1. The van der Waals surface area contributed by atoms with E-state index in [1.165, 1.54) is 0 Å². The molecule has 0 radical (unpaired) electrons. The van der Waals surface area contributed by atoms with Gasteiger partial charge in [-0.1, -0.05) is 0 Å². The fourth-order valence-corrected chi connectivity index (χ4v) is 2.57. The minimum absolute atomic E-state index is 0.0361. The van der Waals surface area contributed by atoms with E-state index in [9.17, 15) is 4.79 Å². The van der Waals surface area contributed by atoms with E-state index in [2.05, 4.69) is 20.5 Å². The van der Waals surface area contributed by atoms with Crippen molar-refractivity contribution in [3.63, 3.8) is 0 Å². The second-order valence-electron chi connectivity index (χ2n) is 3.29. The fraction of sp³-hybridized carbons (Fsp3) is 0.625. The Kier molecular flexibility index (Phi) is 2.72. The average Bonchev–Trinajstić information content (AvgIpc) is 2.75. The third-order valence-electron chi connectivity index (χ3n) is 2.13. The van der Waals surface area contributed by atoms with Crippen LogP contribution in [0.2, 0.25) is 0 Å². The molecule has 5 nitrogen and oxygen atoms in total. The molecule has 76 valence electrons. The number of anilines is 1. The monoisotopic (exact) mass is 212 g/mol. The number of hydrogen-bond donors (Lipinski definition) is 2. The van der Waals surface area contributed by atoms with Crippen molar-refractivity contribution >= 4 is 23.6 Å². The highest BCUT2D eigenvalue weighted by atomic mass is 32.2. The Balaban J connectivity index is 1.93. The van der Waals surface area contributed by atoms with Gasteiger partial charge in [0.1, 0.15) is 5.82 Å². The number of aromatic amines is 1. The van der Waals surface area contributed by atoms with Gasteiger partial charge in [0.25, 0.3) is 0 Å². The highest BCUT2D eigenvalue weighted by Gasteiger charge is 2.23. The van der Waals surface area contributed by atoms with Gasteiger partial charge in [-0.15, -0.1) is 5.10 Å². The van der Waals surface area contributed by atoms with E-state index in [0.29, 0.717) is 11.8 Å². The number of H-pyrrole nitrogens is 1. The smallest absolute Gasteiger partial charge is 0.248 e. The Bertz CT molecular complexity index is 332. The Hall–Kier alpha value is -1.04. The van der Waals surface area contributed by atoms with Crippen LogP contribution in [0.25, 0.3) is 0 Å². The molecule has 1 saturated heterocycles. The van der Waals surface area contributed by atoms with Gasteiger partial charge in [-0.2, -0.15) is 16.7 Å². The summed E-state index contributed by atoms with van der Waals surface area (Å²) >= 11 is 1.82. The van der Waals surface area contributed by atoms with Gasteiger partial charge >= 0.3 is 0 Å². The van der Waals surface area contributed by atoms with E-state index in [4.69, 9.17) is 0 Å². The van der Waals surface area contributed by atoms with Crippen LogP contribution in [-0.4, -0.2) is 32.6 Å². The number of hydrogen-bond acceptors (Lipinski definition) is 4. The molecule has 0 spiro atoms. The van der Waals surface area contributed by atoms with Crippen LogP contribution in [0.5, 0.6) is 0 Å². The molecule has 0 aromatic carbocycles. The van der Waals surface area contributed by atoms with E-state index in [0.717, 1.165) is 17.9 Å². The van der Waals surface area contributed by atoms with E-state index >= 15 is 0 Å². The molecular weight excluding hydrogens is 200 g/mol. The number of carbonyl (C=O) groups is 1. The molecule has 2 heterocycles. The number of rotatable bonds is 2. The SMILES string of the molecule is Cc1nc(NC(=O)C2CCSC2)n[nH]1. The summed E-state index contributed by atoms with van der Waals surface area (Å²) < 4.78 is 0. The molecule has 1 aromatic rings. The first-order valence-electron chi connectivity index (χ1n) is 4.53. The van der Waals surface area contributed by atoms with E-state index in [1.54, 1.807) is 6.92 Å². The summed E-state index contributed by atoms with van der Waals surface area (Å²) in [6, 6.07) is 0. The number of aryl methyl sites for hydroxylation is 1. The zero-order chi connectivity index (χ0) is 9.97. The molecule has 1 unspecified atom stereocenters. The van der Waals surface area contributed by atoms with Crippen molar-refractivity contribution in [1.82, 2.24) is 15.2 Å². The van der Waals surface area contributed by atoms with Crippen molar-refractivity contribution in [2.75, 3.05) is 16.8 Å².